The van der Waals surface area contributed by atoms with Gasteiger partial charge in [0, 0.05) is 43.2 Å². The molecule has 0 unspecified atom stereocenters. The summed E-state index contributed by atoms with van der Waals surface area (Å²) in [6.07, 6.45) is 5.36. The minimum absolute atomic E-state index is 0.475. The lowest BCUT2D eigenvalue weighted by molar-refractivity contribution is 0.122. The number of pyridine rings is 1. The normalized spacial score (nSPS) is 14.5. The molecule has 4 aromatic rings. The molecule has 0 atom stereocenters. The van der Waals surface area contributed by atoms with Crippen molar-refractivity contribution in [3.63, 3.8) is 0 Å². The van der Waals surface area contributed by atoms with Crippen LogP contribution < -0.4 is 10.3 Å². The van der Waals surface area contributed by atoms with Crippen LogP contribution in [0.15, 0.2) is 66.0 Å². The van der Waals surface area contributed by atoms with Gasteiger partial charge in [0.1, 0.15) is 5.82 Å². The summed E-state index contributed by atoms with van der Waals surface area (Å²) in [5.41, 5.74) is 8.06. The maximum Gasteiger partial charge on any atom is 0.160 e. The van der Waals surface area contributed by atoms with E-state index < -0.39 is 0 Å². The number of aromatic nitrogens is 4. The first kappa shape index (κ1) is 21.1. The van der Waals surface area contributed by atoms with E-state index in [1.54, 1.807) is 12.4 Å². The number of ether oxygens (including phenoxy) is 1. The molecule has 1 N–H and O–H groups in total. The van der Waals surface area contributed by atoms with Crippen LogP contribution in [0.4, 0.5) is 11.6 Å². The first-order chi connectivity index (χ1) is 16.2. The van der Waals surface area contributed by atoms with Crippen molar-refractivity contribution >= 4 is 23.5 Å². The van der Waals surface area contributed by atoms with Crippen molar-refractivity contribution in [3.8, 4) is 11.3 Å². The molecule has 0 radical (unpaired) electrons. The Morgan fingerprint density at radius 2 is 1.88 bits per heavy atom. The van der Waals surface area contributed by atoms with Gasteiger partial charge in [0.05, 0.1) is 25.1 Å². The predicted molar refractivity (Wildman–Crippen MR) is 131 cm³/mol. The van der Waals surface area contributed by atoms with Crippen LogP contribution in [0.1, 0.15) is 30.9 Å². The van der Waals surface area contributed by atoms with Crippen LogP contribution in [0.5, 0.6) is 0 Å². The number of nitrogens with zero attached hydrogens (tertiary/aromatic N) is 6. The molecule has 8 heteroatoms. The van der Waals surface area contributed by atoms with Gasteiger partial charge in [-0.15, -0.1) is 0 Å². The summed E-state index contributed by atoms with van der Waals surface area (Å²) in [7, 11) is 0. The molecule has 1 aromatic carbocycles. The van der Waals surface area contributed by atoms with Crippen molar-refractivity contribution < 1.29 is 4.74 Å². The second kappa shape index (κ2) is 9.38. The Morgan fingerprint density at radius 1 is 1.06 bits per heavy atom. The van der Waals surface area contributed by atoms with Gasteiger partial charge in [-0.25, -0.2) is 4.98 Å². The highest BCUT2D eigenvalue weighted by Crippen LogP contribution is 2.25. The summed E-state index contributed by atoms with van der Waals surface area (Å²) in [6, 6.07) is 16.3. The fraction of sp³-hybridized carbons (Fsp3) is 0.280. The van der Waals surface area contributed by atoms with Crippen molar-refractivity contribution in [2.24, 2.45) is 5.10 Å². The Bertz CT molecular complexity index is 1260. The quantitative estimate of drug-likeness (QED) is 0.357. The monoisotopic (exact) mass is 441 g/mol. The zero-order valence-corrected chi connectivity index (χ0v) is 18.8. The van der Waals surface area contributed by atoms with Crippen LogP contribution >= 0.6 is 0 Å². The molecule has 3 aromatic heterocycles. The summed E-state index contributed by atoms with van der Waals surface area (Å²) < 4.78 is 7.44. The predicted octanol–water partition coefficient (Wildman–Crippen LogP) is 4.20. The van der Waals surface area contributed by atoms with Crippen molar-refractivity contribution in [2.75, 3.05) is 36.6 Å². The molecule has 168 valence electrons. The number of rotatable bonds is 6. The fourth-order valence-electron chi connectivity index (χ4n) is 3.87. The third-order valence-corrected chi connectivity index (χ3v) is 5.69. The average Bonchev–Trinajstić information content (AvgIpc) is 3.29. The first-order valence-corrected chi connectivity index (χ1v) is 11.2. The Hall–Kier alpha value is -3.78. The maximum absolute atomic E-state index is 5.55. The van der Waals surface area contributed by atoms with E-state index in [0.717, 1.165) is 41.4 Å². The minimum atomic E-state index is 0.475. The summed E-state index contributed by atoms with van der Waals surface area (Å²) in [4.78, 5) is 11.1. The molecule has 1 aliphatic heterocycles. The van der Waals surface area contributed by atoms with E-state index in [2.05, 4.69) is 52.5 Å². The number of benzene rings is 1. The highest BCUT2D eigenvalue weighted by Gasteiger charge is 2.18. The number of morpholine rings is 1. The molecule has 1 aliphatic rings. The van der Waals surface area contributed by atoms with Crippen LogP contribution in [-0.4, -0.2) is 52.1 Å². The van der Waals surface area contributed by atoms with Gasteiger partial charge >= 0.3 is 0 Å². The number of fused-ring (bicyclic) bond motifs is 1. The van der Waals surface area contributed by atoms with Gasteiger partial charge < -0.3 is 9.64 Å². The van der Waals surface area contributed by atoms with Crippen LogP contribution in [0.2, 0.25) is 0 Å². The molecule has 8 nitrogen and oxygen atoms in total. The number of hydrogen-bond donors (Lipinski definition) is 1. The van der Waals surface area contributed by atoms with Crippen molar-refractivity contribution in [3.05, 3.63) is 72.1 Å². The zero-order valence-electron chi connectivity index (χ0n) is 18.8. The lowest BCUT2D eigenvalue weighted by Gasteiger charge is -2.29. The van der Waals surface area contributed by atoms with Gasteiger partial charge in [0.25, 0.3) is 0 Å². The Morgan fingerprint density at radius 3 is 2.67 bits per heavy atom. The Balaban J connectivity index is 1.47. The van der Waals surface area contributed by atoms with Crippen LogP contribution in [-0.2, 0) is 4.74 Å². The number of hydrogen-bond acceptors (Lipinski definition) is 7. The molecule has 0 saturated carbocycles. The highest BCUT2D eigenvalue weighted by molar-refractivity contribution is 5.80. The molecule has 0 amide bonds. The van der Waals surface area contributed by atoms with Crippen molar-refractivity contribution in [2.45, 2.75) is 19.8 Å². The average molecular weight is 442 g/mol. The SMILES string of the molecule is CC(C)c1cccc(C=NNc2cc(N3CCOCC3)n3nc(-c4ccncc4)cc3n2)c1. The molecular formula is C25H27N7O. The van der Waals surface area contributed by atoms with Gasteiger partial charge in [-0.2, -0.15) is 14.7 Å². The lowest BCUT2D eigenvalue weighted by atomic mass is 10.0. The van der Waals surface area contributed by atoms with Crippen molar-refractivity contribution in [1.82, 2.24) is 19.6 Å². The minimum Gasteiger partial charge on any atom is -0.378 e. The molecule has 0 bridgehead atoms. The van der Waals surface area contributed by atoms with E-state index >= 15 is 0 Å². The molecular weight excluding hydrogens is 414 g/mol. The standard InChI is InChI=1S/C25H27N7O/c1-18(2)21-5-3-4-19(14-21)17-27-29-23-16-25(31-10-12-33-13-11-31)32-24(28-23)15-22(30-32)20-6-8-26-9-7-20/h3-9,14-18H,10-13H2,1-2H3,(H,28,29). The van der Waals surface area contributed by atoms with Crippen LogP contribution in [0.25, 0.3) is 16.9 Å². The van der Waals surface area contributed by atoms with Gasteiger partial charge in [0.2, 0.25) is 0 Å². The summed E-state index contributed by atoms with van der Waals surface area (Å²) >= 11 is 0. The molecule has 0 spiro atoms. The maximum atomic E-state index is 5.55. The molecule has 1 fully saturated rings. The number of hydrazone groups is 1. The molecule has 5 rings (SSSR count). The van der Waals surface area contributed by atoms with Crippen molar-refractivity contribution in [1.29, 1.82) is 0 Å². The topological polar surface area (TPSA) is 79.9 Å². The molecule has 33 heavy (non-hydrogen) atoms. The van der Waals surface area contributed by atoms with E-state index in [-0.39, 0.29) is 0 Å². The Labute approximate surface area is 192 Å². The lowest BCUT2D eigenvalue weighted by Crippen LogP contribution is -2.37. The smallest absolute Gasteiger partial charge is 0.160 e. The fourth-order valence-corrected chi connectivity index (χ4v) is 3.87. The van der Waals surface area contributed by atoms with Gasteiger partial charge in [-0.3, -0.25) is 10.4 Å². The largest absolute Gasteiger partial charge is 0.378 e. The van der Waals surface area contributed by atoms with E-state index in [1.165, 1.54) is 5.56 Å². The van der Waals surface area contributed by atoms with E-state index in [4.69, 9.17) is 14.8 Å². The molecule has 1 saturated heterocycles. The molecule has 0 aliphatic carbocycles. The van der Waals surface area contributed by atoms with Gasteiger partial charge in [-0.1, -0.05) is 32.0 Å². The number of nitrogens with one attached hydrogen (secondary N) is 1. The third kappa shape index (κ3) is 4.70. The van der Waals surface area contributed by atoms with Crippen LogP contribution in [0, 0.1) is 0 Å². The third-order valence-electron chi connectivity index (χ3n) is 5.69. The first-order valence-electron chi connectivity index (χ1n) is 11.2. The molecule has 4 heterocycles. The Kier molecular flexibility index (Phi) is 5.99. The summed E-state index contributed by atoms with van der Waals surface area (Å²) in [5.74, 6) is 2.10. The highest BCUT2D eigenvalue weighted by atomic mass is 16.5. The second-order valence-electron chi connectivity index (χ2n) is 8.33. The zero-order chi connectivity index (χ0) is 22.6. The summed E-state index contributed by atoms with van der Waals surface area (Å²) in [6.45, 7) is 7.35. The van der Waals surface area contributed by atoms with Crippen LogP contribution in [0.3, 0.4) is 0 Å². The van der Waals surface area contributed by atoms with E-state index in [1.807, 2.05) is 41.1 Å². The summed E-state index contributed by atoms with van der Waals surface area (Å²) in [5, 5.41) is 9.28. The van der Waals surface area contributed by atoms with E-state index in [9.17, 15) is 0 Å². The van der Waals surface area contributed by atoms with Gasteiger partial charge in [0.15, 0.2) is 11.5 Å². The van der Waals surface area contributed by atoms with Gasteiger partial charge in [-0.05, 0) is 35.2 Å². The van der Waals surface area contributed by atoms with E-state index in [0.29, 0.717) is 24.9 Å². The number of anilines is 2. The second-order valence-corrected chi connectivity index (χ2v) is 8.33.